The van der Waals surface area contributed by atoms with Gasteiger partial charge >= 0.3 is 5.97 Å². The quantitative estimate of drug-likeness (QED) is 0.612. The average Bonchev–Trinajstić information content (AvgIpc) is 2.26. The van der Waals surface area contributed by atoms with E-state index in [2.05, 4.69) is 6.58 Å². The maximum absolute atomic E-state index is 11.4. The molecule has 0 saturated carbocycles. The first-order valence-corrected chi connectivity index (χ1v) is 4.92. The van der Waals surface area contributed by atoms with Crippen LogP contribution in [0.15, 0.2) is 30.9 Å². The van der Waals surface area contributed by atoms with Crippen LogP contribution in [0.2, 0.25) is 0 Å². The largest absolute Gasteiger partial charge is 0.508 e. The van der Waals surface area contributed by atoms with Gasteiger partial charge in [-0.3, -0.25) is 0 Å². The van der Waals surface area contributed by atoms with Crippen LogP contribution in [-0.4, -0.2) is 24.3 Å². The molecule has 1 aromatic carbocycles. The molecule has 0 spiro atoms. The van der Waals surface area contributed by atoms with Gasteiger partial charge < -0.3 is 14.6 Å². The lowest BCUT2D eigenvalue weighted by Gasteiger charge is -2.07. The van der Waals surface area contributed by atoms with Gasteiger partial charge in [-0.1, -0.05) is 12.7 Å². The maximum Gasteiger partial charge on any atom is 0.338 e. The molecule has 0 amide bonds. The first-order valence-electron chi connectivity index (χ1n) is 4.92. The summed E-state index contributed by atoms with van der Waals surface area (Å²) in [5, 5.41) is 9.40. The zero-order valence-corrected chi connectivity index (χ0v) is 9.10. The van der Waals surface area contributed by atoms with E-state index in [1.54, 1.807) is 13.0 Å². The van der Waals surface area contributed by atoms with Crippen molar-refractivity contribution in [3.63, 3.8) is 0 Å². The van der Waals surface area contributed by atoms with Gasteiger partial charge in [0.15, 0.2) is 0 Å². The number of phenols is 1. The van der Waals surface area contributed by atoms with Crippen molar-refractivity contribution < 1.29 is 19.4 Å². The van der Waals surface area contributed by atoms with Gasteiger partial charge in [0.2, 0.25) is 0 Å². The fraction of sp³-hybridized carbons (Fsp3) is 0.250. The number of carbonyl (C=O) groups is 1. The highest BCUT2D eigenvalue weighted by molar-refractivity contribution is 5.90. The van der Waals surface area contributed by atoms with Crippen LogP contribution in [0.1, 0.15) is 17.3 Å². The van der Waals surface area contributed by atoms with E-state index >= 15 is 0 Å². The Balaban J connectivity index is 2.88. The van der Waals surface area contributed by atoms with Gasteiger partial charge in [-0.25, -0.2) is 4.79 Å². The predicted octanol–water partition coefficient (Wildman–Crippen LogP) is 2.13. The molecule has 4 heteroatoms. The molecular weight excluding hydrogens is 208 g/mol. The molecule has 0 aromatic heterocycles. The Morgan fingerprint density at radius 1 is 1.50 bits per heavy atom. The van der Waals surface area contributed by atoms with Crippen LogP contribution in [0.25, 0.3) is 0 Å². The standard InChI is InChI=1S/C12H14O4/c1-3-5-16-11-7-9(6-10(13)8-11)12(14)15-4-2/h3,6-8,13H,1,4-5H2,2H3. The van der Waals surface area contributed by atoms with Crippen LogP contribution in [-0.2, 0) is 4.74 Å². The van der Waals surface area contributed by atoms with Crippen LogP contribution in [0.5, 0.6) is 11.5 Å². The summed E-state index contributed by atoms with van der Waals surface area (Å²) in [6.45, 7) is 5.82. The van der Waals surface area contributed by atoms with Gasteiger partial charge in [0, 0.05) is 6.07 Å². The number of esters is 1. The molecule has 4 nitrogen and oxygen atoms in total. The van der Waals surface area contributed by atoms with Gasteiger partial charge in [-0.2, -0.15) is 0 Å². The van der Waals surface area contributed by atoms with Crippen molar-refractivity contribution in [3.05, 3.63) is 36.4 Å². The van der Waals surface area contributed by atoms with Crippen LogP contribution < -0.4 is 4.74 Å². The SMILES string of the molecule is C=CCOc1cc(O)cc(C(=O)OCC)c1. The van der Waals surface area contributed by atoms with E-state index < -0.39 is 5.97 Å². The van der Waals surface area contributed by atoms with E-state index in [4.69, 9.17) is 9.47 Å². The second-order valence-electron chi connectivity index (χ2n) is 3.04. The average molecular weight is 222 g/mol. The molecule has 0 aliphatic carbocycles. The molecule has 1 aromatic rings. The molecule has 0 heterocycles. The molecule has 86 valence electrons. The fourth-order valence-corrected chi connectivity index (χ4v) is 1.15. The van der Waals surface area contributed by atoms with E-state index in [0.717, 1.165) is 0 Å². The highest BCUT2D eigenvalue weighted by Crippen LogP contribution is 2.22. The zero-order chi connectivity index (χ0) is 12.0. The van der Waals surface area contributed by atoms with E-state index in [-0.39, 0.29) is 17.9 Å². The normalized spacial score (nSPS) is 9.56. The Kier molecular flexibility index (Phi) is 4.39. The van der Waals surface area contributed by atoms with Gasteiger partial charge in [0.25, 0.3) is 0 Å². The third kappa shape index (κ3) is 3.31. The summed E-state index contributed by atoms with van der Waals surface area (Å²) in [5.41, 5.74) is 0.265. The van der Waals surface area contributed by atoms with Crippen LogP contribution >= 0.6 is 0 Å². The first-order chi connectivity index (χ1) is 7.67. The van der Waals surface area contributed by atoms with Crippen LogP contribution in [0.4, 0.5) is 0 Å². The molecule has 0 fully saturated rings. The number of carbonyl (C=O) groups excluding carboxylic acids is 1. The summed E-state index contributed by atoms with van der Waals surface area (Å²) in [5.74, 6) is -0.116. The van der Waals surface area contributed by atoms with Gasteiger partial charge in [-0.05, 0) is 19.1 Å². The van der Waals surface area contributed by atoms with Crippen molar-refractivity contribution in [3.8, 4) is 11.5 Å². The summed E-state index contributed by atoms with van der Waals surface area (Å²) in [6.07, 6.45) is 1.58. The third-order valence-electron chi connectivity index (χ3n) is 1.77. The smallest absolute Gasteiger partial charge is 0.338 e. The Morgan fingerprint density at radius 3 is 2.88 bits per heavy atom. The fourth-order valence-electron chi connectivity index (χ4n) is 1.15. The molecule has 0 atom stereocenters. The lowest BCUT2D eigenvalue weighted by molar-refractivity contribution is 0.0525. The third-order valence-corrected chi connectivity index (χ3v) is 1.77. The number of ether oxygens (including phenoxy) is 2. The number of aromatic hydroxyl groups is 1. The van der Waals surface area contributed by atoms with Crippen LogP contribution in [0, 0.1) is 0 Å². The molecule has 0 unspecified atom stereocenters. The summed E-state index contributed by atoms with van der Waals surface area (Å²) in [7, 11) is 0. The second kappa shape index (κ2) is 5.80. The van der Waals surface area contributed by atoms with Crippen molar-refractivity contribution in [1.29, 1.82) is 0 Å². The monoisotopic (exact) mass is 222 g/mol. The molecule has 1 N–H and O–H groups in total. The molecule has 0 radical (unpaired) electrons. The van der Waals surface area contributed by atoms with Crippen molar-refractivity contribution in [2.24, 2.45) is 0 Å². The van der Waals surface area contributed by atoms with Crippen molar-refractivity contribution in [1.82, 2.24) is 0 Å². The second-order valence-corrected chi connectivity index (χ2v) is 3.04. The number of hydrogen-bond donors (Lipinski definition) is 1. The summed E-state index contributed by atoms with van der Waals surface area (Å²) in [4.78, 5) is 11.4. The Bertz CT molecular complexity index is 385. The maximum atomic E-state index is 11.4. The first kappa shape index (κ1) is 12.1. The molecule has 0 saturated heterocycles. The molecule has 0 aliphatic heterocycles. The highest BCUT2D eigenvalue weighted by Gasteiger charge is 2.09. The zero-order valence-electron chi connectivity index (χ0n) is 9.10. The topological polar surface area (TPSA) is 55.8 Å². The van der Waals surface area contributed by atoms with Crippen molar-refractivity contribution in [2.75, 3.05) is 13.2 Å². The Labute approximate surface area is 94.1 Å². The van der Waals surface area contributed by atoms with Crippen LogP contribution in [0.3, 0.4) is 0 Å². The minimum absolute atomic E-state index is 0.0374. The Morgan fingerprint density at radius 2 is 2.25 bits per heavy atom. The van der Waals surface area contributed by atoms with Crippen molar-refractivity contribution >= 4 is 5.97 Å². The summed E-state index contributed by atoms with van der Waals surface area (Å²) in [6, 6.07) is 4.27. The molecule has 1 rings (SSSR count). The van der Waals surface area contributed by atoms with Gasteiger partial charge in [-0.15, -0.1) is 0 Å². The predicted molar refractivity (Wildman–Crippen MR) is 59.8 cm³/mol. The number of hydrogen-bond acceptors (Lipinski definition) is 4. The van der Waals surface area contributed by atoms with Gasteiger partial charge in [0.05, 0.1) is 12.2 Å². The summed E-state index contributed by atoms with van der Waals surface area (Å²) >= 11 is 0. The van der Waals surface area contributed by atoms with Gasteiger partial charge in [0.1, 0.15) is 18.1 Å². The lowest BCUT2D eigenvalue weighted by atomic mass is 10.2. The van der Waals surface area contributed by atoms with E-state index in [9.17, 15) is 9.90 Å². The van der Waals surface area contributed by atoms with E-state index in [1.807, 2.05) is 0 Å². The number of phenolic OH excluding ortho intramolecular Hbond substituents is 1. The molecule has 16 heavy (non-hydrogen) atoms. The minimum atomic E-state index is -0.484. The van der Waals surface area contributed by atoms with E-state index in [1.165, 1.54) is 18.2 Å². The highest BCUT2D eigenvalue weighted by atomic mass is 16.5. The molecule has 0 bridgehead atoms. The molecular formula is C12H14O4. The Hall–Kier alpha value is -1.97. The lowest BCUT2D eigenvalue weighted by Crippen LogP contribution is -2.05. The van der Waals surface area contributed by atoms with E-state index in [0.29, 0.717) is 12.4 Å². The molecule has 0 aliphatic rings. The van der Waals surface area contributed by atoms with Crippen molar-refractivity contribution in [2.45, 2.75) is 6.92 Å². The summed E-state index contributed by atoms with van der Waals surface area (Å²) < 4.78 is 10.0. The number of benzene rings is 1. The number of rotatable bonds is 5. The minimum Gasteiger partial charge on any atom is -0.508 e.